The fourth-order valence-electron chi connectivity index (χ4n) is 1.66. The van der Waals surface area contributed by atoms with Gasteiger partial charge >= 0.3 is 0 Å². The Bertz CT molecular complexity index is 549. The first kappa shape index (κ1) is 17.2. The standard InChI is InChI=1S/C16H27NO2S/c1-12(2)16(6,7)17-20(18,19)14-10-8-13(9-11-14)15(3,4)5/h8-12,17H,1-7H3. The summed E-state index contributed by atoms with van der Waals surface area (Å²) < 4.78 is 27.6. The second-order valence-corrected chi connectivity index (χ2v) is 8.94. The van der Waals surface area contributed by atoms with Gasteiger partial charge in [-0.05, 0) is 42.9 Å². The summed E-state index contributed by atoms with van der Waals surface area (Å²) in [6.07, 6.45) is 0. The lowest BCUT2D eigenvalue weighted by Gasteiger charge is -2.30. The van der Waals surface area contributed by atoms with E-state index in [-0.39, 0.29) is 11.3 Å². The molecule has 0 fully saturated rings. The van der Waals surface area contributed by atoms with Gasteiger partial charge in [-0.2, -0.15) is 0 Å². The third kappa shape index (κ3) is 4.06. The lowest BCUT2D eigenvalue weighted by molar-refractivity contribution is 0.336. The molecule has 0 aromatic heterocycles. The molecule has 0 aliphatic heterocycles. The number of hydrogen-bond acceptors (Lipinski definition) is 2. The topological polar surface area (TPSA) is 46.2 Å². The first-order valence-electron chi connectivity index (χ1n) is 7.01. The molecule has 0 bridgehead atoms. The zero-order valence-electron chi connectivity index (χ0n) is 13.6. The number of rotatable bonds is 4. The number of nitrogens with one attached hydrogen (secondary N) is 1. The van der Waals surface area contributed by atoms with E-state index in [0.717, 1.165) is 5.56 Å². The summed E-state index contributed by atoms with van der Waals surface area (Å²) in [5.74, 6) is 0.214. The first-order valence-corrected chi connectivity index (χ1v) is 8.49. The zero-order valence-corrected chi connectivity index (χ0v) is 14.4. The smallest absolute Gasteiger partial charge is 0.207 e. The Balaban J connectivity index is 3.06. The molecule has 0 heterocycles. The molecule has 0 aliphatic carbocycles. The summed E-state index contributed by atoms with van der Waals surface area (Å²) in [5, 5.41) is 0. The molecule has 0 spiro atoms. The maximum Gasteiger partial charge on any atom is 0.241 e. The van der Waals surface area contributed by atoms with Crippen molar-refractivity contribution >= 4 is 10.0 Å². The Kier molecular flexibility index (Phi) is 4.72. The molecule has 20 heavy (non-hydrogen) atoms. The van der Waals surface area contributed by atoms with Gasteiger partial charge in [0.2, 0.25) is 10.0 Å². The van der Waals surface area contributed by atoms with Crippen molar-refractivity contribution in [1.29, 1.82) is 0 Å². The molecule has 0 atom stereocenters. The van der Waals surface area contributed by atoms with Crippen LogP contribution in [-0.4, -0.2) is 14.0 Å². The van der Waals surface area contributed by atoms with Crippen LogP contribution in [0.4, 0.5) is 0 Å². The first-order chi connectivity index (χ1) is 8.86. The Morgan fingerprint density at radius 1 is 0.950 bits per heavy atom. The fraction of sp³-hybridized carbons (Fsp3) is 0.625. The van der Waals surface area contributed by atoms with Gasteiger partial charge in [0.15, 0.2) is 0 Å². The van der Waals surface area contributed by atoms with Crippen molar-refractivity contribution in [3.63, 3.8) is 0 Å². The normalized spacial score (nSPS) is 13.8. The Morgan fingerprint density at radius 3 is 1.75 bits per heavy atom. The predicted octanol–water partition coefficient (Wildman–Crippen LogP) is 3.70. The molecule has 114 valence electrons. The average Bonchev–Trinajstić information content (AvgIpc) is 2.26. The van der Waals surface area contributed by atoms with Crippen molar-refractivity contribution in [1.82, 2.24) is 4.72 Å². The van der Waals surface area contributed by atoms with E-state index in [1.807, 2.05) is 39.8 Å². The molecule has 0 saturated heterocycles. The van der Waals surface area contributed by atoms with Crippen LogP contribution in [0.25, 0.3) is 0 Å². The third-order valence-corrected chi connectivity index (χ3v) is 5.56. The second kappa shape index (κ2) is 5.49. The maximum absolute atomic E-state index is 12.4. The molecule has 0 amide bonds. The van der Waals surface area contributed by atoms with Gasteiger partial charge in [0.25, 0.3) is 0 Å². The predicted molar refractivity (Wildman–Crippen MR) is 84.4 cm³/mol. The van der Waals surface area contributed by atoms with Crippen LogP contribution < -0.4 is 4.72 Å². The fourth-order valence-corrected chi connectivity index (χ4v) is 3.20. The van der Waals surface area contributed by atoms with Crippen LogP contribution in [0.5, 0.6) is 0 Å². The molecular weight excluding hydrogens is 270 g/mol. The molecular formula is C16H27NO2S. The highest BCUT2D eigenvalue weighted by atomic mass is 32.2. The maximum atomic E-state index is 12.4. The van der Waals surface area contributed by atoms with Gasteiger partial charge < -0.3 is 0 Å². The highest BCUT2D eigenvalue weighted by Gasteiger charge is 2.29. The number of hydrogen-bond donors (Lipinski definition) is 1. The Morgan fingerprint density at radius 2 is 1.40 bits per heavy atom. The molecule has 1 rings (SSSR count). The van der Waals surface area contributed by atoms with E-state index in [2.05, 4.69) is 25.5 Å². The van der Waals surface area contributed by atoms with Gasteiger partial charge in [-0.15, -0.1) is 0 Å². The van der Waals surface area contributed by atoms with E-state index in [1.165, 1.54) is 0 Å². The summed E-state index contributed by atoms with van der Waals surface area (Å²) in [7, 11) is -3.48. The van der Waals surface area contributed by atoms with Crippen molar-refractivity contribution in [2.75, 3.05) is 0 Å². The van der Waals surface area contributed by atoms with Gasteiger partial charge in [-0.1, -0.05) is 46.8 Å². The second-order valence-electron chi connectivity index (χ2n) is 7.26. The molecule has 0 aliphatic rings. The number of benzene rings is 1. The molecule has 4 heteroatoms. The van der Waals surface area contributed by atoms with E-state index < -0.39 is 15.6 Å². The molecule has 3 nitrogen and oxygen atoms in total. The SMILES string of the molecule is CC(C)C(C)(C)NS(=O)(=O)c1ccc(C(C)(C)C)cc1. The van der Waals surface area contributed by atoms with E-state index in [9.17, 15) is 8.42 Å². The summed E-state index contributed by atoms with van der Waals surface area (Å²) >= 11 is 0. The third-order valence-electron chi connectivity index (χ3n) is 3.87. The zero-order chi connectivity index (χ0) is 15.8. The van der Waals surface area contributed by atoms with Gasteiger partial charge in [0.05, 0.1) is 4.90 Å². The van der Waals surface area contributed by atoms with Gasteiger partial charge in [-0.3, -0.25) is 0 Å². The van der Waals surface area contributed by atoms with Crippen molar-refractivity contribution in [2.24, 2.45) is 5.92 Å². The van der Waals surface area contributed by atoms with Gasteiger partial charge in [-0.25, -0.2) is 13.1 Å². The number of sulfonamides is 1. The van der Waals surface area contributed by atoms with Crippen molar-refractivity contribution in [3.8, 4) is 0 Å². The average molecular weight is 297 g/mol. The minimum atomic E-state index is -3.48. The summed E-state index contributed by atoms with van der Waals surface area (Å²) in [4.78, 5) is 0.319. The molecule has 1 aromatic carbocycles. The van der Waals surface area contributed by atoms with E-state index in [4.69, 9.17) is 0 Å². The minimum Gasteiger partial charge on any atom is -0.207 e. The van der Waals surface area contributed by atoms with Crippen LogP contribution in [0, 0.1) is 5.92 Å². The largest absolute Gasteiger partial charge is 0.241 e. The summed E-state index contributed by atoms with van der Waals surface area (Å²) in [6.45, 7) is 14.1. The molecule has 0 saturated carbocycles. The van der Waals surface area contributed by atoms with Crippen LogP contribution in [0.15, 0.2) is 29.2 Å². The van der Waals surface area contributed by atoms with E-state index in [0.29, 0.717) is 4.90 Å². The van der Waals surface area contributed by atoms with E-state index >= 15 is 0 Å². The highest BCUT2D eigenvalue weighted by Crippen LogP contribution is 2.24. The van der Waals surface area contributed by atoms with Crippen molar-refractivity contribution < 1.29 is 8.42 Å². The summed E-state index contributed by atoms with van der Waals surface area (Å²) in [5.41, 5.74) is 0.675. The van der Waals surface area contributed by atoms with Crippen molar-refractivity contribution in [3.05, 3.63) is 29.8 Å². The van der Waals surface area contributed by atoms with Crippen LogP contribution in [-0.2, 0) is 15.4 Å². The monoisotopic (exact) mass is 297 g/mol. The van der Waals surface area contributed by atoms with Crippen LogP contribution in [0.1, 0.15) is 54.0 Å². The highest BCUT2D eigenvalue weighted by molar-refractivity contribution is 7.89. The van der Waals surface area contributed by atoms with Crippen LogP contribution in [0.2, 0.25) is 0 Å². The van der Waals surface area contributed by atoms with Gasteiger partial charge in [0.1, 0.15) is 0 Å². The quantitative estimate of drug-likeness (QED) is 0.921. The Hall–Kier alpha value is -0.870. The van der Waals surface area contributed by atoms with Crippen LogP contribution in [0.3, 0.4) is 0 Å². The lowest BCUT2D eigenvalue weighted by atomic mass is 9.87. The molecule has 0 unspecified atom stereocenters. The Labute approximate surface area is 123 Å². The van der Waals surface area contributed by atoms with Gasteiger partial charge in [0, 0.05) is 5.54 Å². The molecule has 1 aromatic rings. The molecule has 0 radical (unpaired) electrons. The summed E-state index contributed by atoms with van der Waals surface area (Å²) in [6, 6.07) is 7.13. The molecule has 1 N–H and O–H groups in total. The van der Waals surface area contributed by atoms with Crippen LogP contribution >= 0.6 is 0 Å². The lowest BCUT2D eigenvalue weighted by Crippen LogP contribution is -2.47. The minimum absolute atomic E-state index is 0.0208. The van der Waals surface area contributed by atoms with E-state index in [1.54, 1.807) is 12.1 Å². The van der Waals surface area contributed by atoms with Crippen molar-refractivity contribution in [2.45, 2.75) is 64.3 Å².